The number of hydrogen-bond donors (Lipinski definition) is 2. The fourth-order valence-electron chi connectivity index (χ4n) is 2.02. The van der Waals surface area contributed by atoms with Gasteiger partial charge in [-0.2, -0.15) is 10.1 Å². The van der Waals surface area contributed by atoms with Gasteiger partial charge in [0.2, 0.25) is 5.95 Å². The molecule has 6 nitrogen and oxygen atoms in total. The van der Waals surface area contributed by atoms with Crippen molar-refractivity contribution in [3.05, 3.63) is 53.5 Å². The van der Waals surface area contributed by atoms with Gasteiger partial charge in [0.25, 0.3) is 0 Å². The van der Waals surface area contributed by atoms with Gasteiger partial charge in [-0.3, -0.25) is 0 Å². The fourth-order valence-corrected chi connectivity index (χ4v) is 2.02. The second-order valence-corrected chi connectivity index (χ2v) is 4.15. The van der Waals surface area contributed by atoms with Crippen LogP contribution in [0.25, 0.3) is 0 Å². The number of halogens is 2. The lowest BCUT2D eigenvalue weighted by Gasteiger charge is -2.22. The SMILES string of the molecule is O=C(O)C1=CC(c2ccc(F)cc2F)n2ncnc2N1. The molecule has 2 heterocycles. The molecule has 102 valence electrons. The van der Waals surface area contributed by atoms with Crippen LogP contribution in [0.1, 0.15) is 11.6 Å². The van der Waals surface area contributed by atoms with Crippen molar-refractivity contribution in [1.29, 1.82) is 0 Å². The maximum atomic E-state index is 13.9. The lowest BCUT2D eigenvalue weighted by atomic mass is 10.0. The molecular formula is C12H8F2N4O2. The lowest BCUT2D eigenvalue weighted by Crippen LogP contribution is -2.24. The third kappa shape index (κ3) is 1.91. The number of nitrogens with one attached hydrogen (secondary N) is 1. The van der Waals surface area contributed by atoms with Gasteiger partial charge >= 0.3 is 5.97 Å². The summed E-state index contributed by atoms with van der Waals surface area (Å²) in [4.78, 5) is 14.9. The predicted molar refractivity (Wildman–Crippen MR) is 63.9 cm³/mol. The molecule has 2 N–H and O–H groups in total. The molecule has 0 aliphatic carbocycles. The van der Waals surface area contributed by atoms with E-state index < -0.39 is 23.6 Å². The number of allylic oxidation sites excluding steroid dienone is 1. The summed E-state index contributed by atoms with van der Waals surface area (Å²) >= 11 is 0. The van der Waals surface area contributed by atoms with Crippen molar-refractivity contribution < 1.29 is 18.7 Å². The number of nitrogens with zero attached hydrogens (tertiary/aromatic N) is 3. The zero-order valence-electron chi connectivity index (χ0n) is 9.92. The Morgan fingerprint density at radius 1 is 1.40 bits per heavy atom. The van der Waals surface area contributed by atoms with Crippen LogP contribution in [-0.2, 0) is 4.79 Å². The molecular weight excluding hydrogens is 270 g/mol. The molecule has 1 aliphatic rings. The van der Waals surface area contributed by atoms with Crippen molar-refractivity contribution in [2.45, 2.75) is 6.04 Å². The topological polar surface area (TPSA) is 80.0 Å². The van der Waals surface area contributed by atoms with Crippen LogP contribution in [0.4, 0.5) is 14.7 Å². The van der Waals surface area contributed by atoms with Crippen LogP contribution in [0.5, 0.6) is 0 Å². The van der Waals surface area contributed by atoms with Gasteiger partial charge in [-0.25, -0.2) is 18.3 Å². The first-order valence-electron chi connectivity index (χ1n) is 5.63. The standard InChI is InChI=1S/C12H8F2N4O2/c13-6-1-2-7(8(14)3-6)10-4-9(11(19)20)17-12-15-5-16-18(10)12/h1-5,10H,(H,19,20)(H,15,16,17). The lowest BCUT2D eigenvalue weighted by molar-refractivity contribution is -0.132. The van der Waals surface area contributed by atoms with Gasteiger partial charge in [-0.1, -0.05) is 6.07 Å². The highest BCUT2D eigenvalue weighted by molar-refractivity contribution is 5.90. The molecule has 0 radical (unpaired) electrons. The van der Waals surface area contributed by atoms with E-state index in [9.17, 15) is 13.6 Å². The van der Waals surface area contributed by atoms with Crippen LogP contribution < -0.4 is 5.32 Å². The largest absolute Gasteiger partial charge is 0.477 e. The number of benzene rings is 1. The van der Waals surface area contributed by atoms with E-state index in [0.717, 1.165) is 12.1 Å². The molecule has 3 rings (SSSR count). The predicted octanol–water partition coefficient (Wildman–Crippen LogP) is 1.54. The van der Waals surface area contributed by atoms with Gasteiger partial charge in [-0.15, -0.1) is 0 Å². The Hall–Kier alpha value is -2.77. The Morgan fingerprint density at radius 2 is 2.20 bits per heavy atom. The molecule has 1 aliphatic heterocycles. The Kier molecular flexibility index (Phi) is 2.70. The molecule has 0 saturated heterocycles. The molecule has 2 aromatic rings. The summed E-state index contributed by atoms with van der Waals surface area (Å²) in [5.41, 5.74) is -0.0300. The maximum Gasteiger partial charge on any atom is 0.352 e. The number of carboxylic acids is 1. The van der Waals surface area contributed by atoms with E-state index in [0.29, 0.717) is 0 Å². The van der Waals surface area contributed by atoms with Crippen LogP contribution in [0.15, 0.2) is 36.3 Å². The molecule has 0 fully saturated rings. The number of hydrogen-bond acceptors (Lipinski definition) is 4. The minimum atomic E-state index is -1.20. The van der Waals surface area contributed by atoms with Crippen LogP contribution in [0, 0.1) is 11.6 Å². The van der Waals surface area contributed by atoms with Gasteiger partial charge in [0.15, 0.2) is 0 Å². The first-order chi connectivity index (χ1) is 9.56. The monoisotopic (exact) mass is 278 g/mol. The molecule has 8 heteroatoms. The van der Waals surface area contributed by atoms with Gasteiger partial charge < -0.3 is 10.4 Å². The third-order valence-corrected chi connectivity index (χ3v) is 2.92. The van der Waals surface area contributed by atoms with E-state index in [1.807, 2.05) is 0 Å². The van der Waals surface area contributed by atoms with Crippen LogP contribution in [-0.4, -0.2) is 25.8 Å². The van der Waals surface area contributed by atoms with Crippen molar-refractivity contribution in [2.75, 3.05) is 5.32 Å². The van der Waals surface area contributed by atoms with Gasteiger partial charge in [0.1, 0.15) is 29.7 Å². The molecule has 0 amide bonds. The van der Waals surface area contributed by atoms with Crippen molar-refractivity contribution in [2.24, 2.45) is 0 Å². The molecule has 1 aromatic carbocycles. The van der Waals surface area contributed by atoms with E-state index in [2.05, 4.69) is 15.4 Å². The summed E-state index contributed by atoms with van der Waals surface area (Å²) in [6.45, 7) is 0. The van der Waals surface area contributed by atoms with Crippen molar-refractivity contribution in [3.63, 3.8) is 0 Å². The first-order valence-corrected chi connectivity index (χ1v) is 5.63. The first kappa shape index (κ1) is 12.3. The molecule has 1 unspecified atom stereocenters. The van der Waals surface area contributed by atoms with Crippen LogP contribution >= 0.6 is 0 Å². The molecule has 0 saturated carbocycles. The summed E-state index contributed by atoms with van der Waals surface area (Å²) < 4.78 is 28.1. The minimum absolute atomic E-state index is 0.110. The maximum absolute atomic E-state index is 13.9. The molecule has 0 bridgehead atoms. The van der Waals surface area contributed by atoms with Gasteiger partial charge in [0.05, 0.1) is 0 Å². The molecule has 0 spiro atoms. The number of rotatable bonds is 2. The summed E-state index contributed by atoms with van der Waals surface area (Å²) in [7, 11) is 0. The summed E-state index contributed by atoms with van der Waals surface area (Å²) in [6.07, 6.45) is 2.51. The summed E-state index contributed by atoms with van der Waals surface area (Å²) in [5, 5.41) is 15.5. The van der Waals surface area contributed by atoms with Crippen molar-refractivity contribution >= 4 is 11.9 Å². The normalized spacial score (nSPS) is 17.1. The third-order valence-electron chi connectivity index (χ3n) is 2.92. The highest BCUT2D eigenvalue weighted by Crippen LogP contribution is 2.29. The Bertz CT molecular complexity index is 726. The number of anilines is 1. The molecule has 1 atom stereocenters. The van der Waals surface area contributed by atoms with E-state index in [4.69, 9.17) is 5.11 Å². The van der Waals surface area contributed by atoms with Gasteiger partial charge in [0, 0.05) is 11.6 Å². The zero-order chi connectivity index (χ0) is 14.3. The average molecular weight is 278 g/mol. The Labute approximate surface area is 111 Å². The number of aliphatic carboxylic acids is 1. The summed E-state index contributed by atoms with van der Waals surface area (Å²) in [6, 6.07) is 2.29. The quantitative estimate of drug-likeness (QED) is 0.871. The number of fused-ring (bicyclic) bond motifs is 1. The number of carbonyl (C=O) groups is 1. The van der Waals surface area contributed by atoms with E-state index in [1.54, 1.807) is 0 Å². The van der Waals surface area contributed by atoms with Crippen molar-refractivity contribution in [3.8, 4) is 0 Å². The van der Waals surface area contributed by atoms with Gasteiger partial charge in [-0.05, 0) is 12.1 Å². The zero-order valence-corrected chi connectivity index (χ0v) is 9.92. The second-order valence-electron chi connectivity index (χ2n) is 4.15. The molecule has 1 aromatic heterocycles. The highest BCUT2D eigenvalue weighted by Gasteiger charge is 2.27. The Balaban J connectivity index is 2.14. The van der Waals surface area contributed by atoms with E-state index in [1.165, 1.54) is 23.2 Å². The Morgan fingerprint density at radius 3 is 2.90 bits per heavy atom. The molecule has 20 heavy (non-hydrogen) atoms. The van der Waals surface area contributed by atoms with Crippen LogP contribution in [0.2, 0.25) is 0 Å². The average Bonchev–Trinajstić information content (AvgIpc) is 2.86. The van der Waals surface area contributed by atoms with E-state index >= 15 is 0 Å². The number of aromatic nitrogens is 3. The van der Waals surface area contributed by atoms with Crippen LogP contribution in [0.3, 0.4) is 0 Å². The van der Waals surface area contributed by atoms with E-state index in [-0.39, 0.29) is 17.2 Å². The smallest absolute Gasteiger partial charge is 0.352 e. The fraction of sp³-hybridized carbons (Fsp3) is 0.0833. The van der Waals surface area contributed by atoms with Crippen molar-refractivity contribution in [1.82, 2.24) is 14.8 Å². The summed E-state index contributed by atoms with van der Waals surface area (Å²) in [5.74, 6) is -2.51. The minimum Gasteiger partial charge on any atom is -0.477 e. The highest BCUT2D eigenvalue weighted by atomic mass is 19.1. The second kappa shape index (κ2) is 4.41. The number of carboxylic acid groups (broad SMARTS) is 1.